The van der Waals surface area contributed by atoms with Gasteiger partial charge in [0, 0.05) is 6.54 Å². The molecule has 2 aliphatic heterocycles. The largest absolute Gasteiger partial charge is 0.454 e. The Hall–Kier alpha value is -3.59. The number of rotatable bonds is 7. The number of benzene rings is 2. The molecule has 0 aromatic heterocycles. The number of fused-ring (bicyclic) bond motifs is 1. The van der Waals surface area contributed by atoms with Crippen LogP contribution < -0.4 is 20.1 Å². The number of nitrogens with one attached hydrogen (secondary N) is 2. The molecule has 0 saturated carbocycles. The Labute approximate surface area is 172 Å². The van der Waals surface area contributed by atoms with Crippen molar-refractivity contribution in [3.05, 3.63) is 59.7 Å². The van der Waals surface area contributed by atoms with Gasteiger partial charge in [-0.1, -0.05) is 36.4 Å². The van der Waals surface area contributed by atoms with Crippen molar-refractivity contribution in [3.63, 3.8) is 0 Å². The lowest BCUT2D eigenvalue weighted by Crippen LogP contribution is -2.37. The van der Waals surface area contributed by atoms with Crippen LogP contribution in [0, 0.1) is 0 Å². The average Bonchev–Trinajstić information content (AvgIpc) is 3.32. The molecule has 0 unspecified atom stereocenters. The van der Waals surface area contributed by atoms with Crippen LogP contribution >= 0.6 is 0 Å². The number of urea groups is 1. The summed E-state index contributed by atoms with van der Waals surface area (Å²) in [5.74, 6) is 0.264. The summed E-state index contributed by atoms with van der Waals surface area (Å²) < 4.78 is 10.6. The molecule has 4 rings (SSSR count). The maximum Gasteiger partial charge on any atom is 0.325 e. The molecular weight excluding hydrogens is 390 g/mol. The summed E-state index contributed by atoms with van der Waals surface area (Å²) >= 11 is 0. The summed E-state index contributed by atoms with van der Waals surface area (Å²) in [7, 11) is 0. The lowest BCUT2D eigenvalue weighted by molar-refractivity contribution is -0.131. The Balaban J connectivity index is 1.30. The number of hydrogen-bond acceptors (Lipinski definition) is 6. The Morgan fingerprint density at radius 1 is 1.17 bits per heavy atom. The van der Waals surface area contributed by atoms with Crippen molar-refractivity contribution in [3.8, 4) is 11.5 Å². The molecular formula is C21H21N3O6. The number of imide groups is 1. The van der Waals surface area contributed by atoms with E-state index in [0.29, 0.717) is 22.6 Å². The number of ether oxygens (including phenoxy) is 2. The van der Waals surface area contributed by atoms with Crippen molar-refractivity contribution in [2.24, 2.45) is 0 Å². The van der Waals surface area contributed by atoms with Crippen LogP contribution in [0.1, 0.15) is 23.7 Å². The summed E-state index contributed by atoms with van der Waals surface area (Å²) in [5, 5.41) is 15.2. The minimum Gasteiger partial charge on any atom is -0.454 e. The van der Waals surface area contributed by atoms with Gasteiger partial charge >= 0.3 is 6.03 Å². The van der Waals surface area contributed by atoms with Crippen LogP contribution in [-0.2, 0) is 16.1 Å². The summed E-state index contributed by atoms with van der Waals surface area (Å²) in [5.41, 5.74) is 1.39. The topological polar surface area (TPSA) is 117 Å². The number of aliphatic hydroxyl groups excluding tert-OH is 1. The van der Waals surface area contributed by atoms with Crippen molar-refractivity contribution in [2.75, 3.05) is 13.3 Å². The number of nitrogens with zero attached hydrogens (tertiary/aromatic N) is 1. The molecule has 9 nitrogen and oxygen atoms in total. The maximum atomic E-state index is 12.6. The van der Waals surface area contributed by atoms with Gasteiger partial charge in [0.15, 0.2) is 11.5 Å². The summed E-state index contributed by atoms with van der Waals surface area (Å²) in [4.78, 5) is 38.1. The van der Waals surface area contributed by atoms with E-state index in [0.717, 1.165) is 4.90 Å². The molecule has 2 atom stereocenters. The van der Waals surface area contributed by atoms with E-state index in [1.807, 2.05) is 6.07 Å². The van der Waals surface area contributed by atoms with Gasteiger partial charge in [-0.3, -0.25) is 14.5 Å². The summed E-state index contributed by atoms with van der Waals surface area (Å²) in [6.07, 6.45) is -1.06. The Morgan fingerprint density at radius 3 is 2.73 bits per heavy atom. The zero-order valence-electron chi connectivity index (χ0n) is 16.0. The van der Waals surface area contributed by atoms with Gasteiger partial charge in [-0.15, -0.1) is 0 Å². The Bertz CT molecular complexity index is 964. The molecule has 2 aromatic carbocycles. The first kappa shape index (κ1) is 19.7. The molecule has 4 amide bonds. The molecule has 0 radical (unpaired) electrons. The average molecular weight is 411 g/mol. The SMILES string of the molecule is O=C(C[C@@H]1NC(=O)N(Cc2ccc3c(c2)OCO3)C1=O)NC[C@H](O)c1ccccc1. The van der Waals surface area contributed by atoms with E-state index in [4.69, 9.17) is 9.47 Å². The lowest BCUT2D eigenvalue weighted by atomic mass is 10.1. The second kappa shape index (κ2) is 8.42. The predicted molar refractivity (Wildman–Crippen MR) is 104 cm³/mol. The first-order valence-electron chi connectivity index (χ1n) is 9.51. The molecule has 0 spiro atoms. The summed E-state index contributed by atoms with van der Waals surface area (Å²) in [6, 6.07) is 12.6. The second-order valence-electron chi connectivity index (χ2n) is 7.05. The van der Waals surface area contributed by atoms with Gasteiger partial charge in [0.2, 0.25) is 12.7 Å². The first-order chi connectivity index (χ1) is 14.5. The summed E-state index contributed by atoms with van der Waals surface area (Å²) in [6.45, 7) is 0.211. The minimum absolute atomic E-state index is 0.0125. The fourth-order valence-electron chi connectivity index (χ4n) is 3.35. The van der Waals surface area contributed by atoms with E-state index in [9.17, 15) is 19.5 Å². The molecule has 1 saturated heterocycles. The van der Waals surface area contributed by atoms with E-state index in [1.54, 1.807) is 42.5 Å². The lowest BCUT2D eigenvalue weighted by Gasteiger charge is -2.14. The van der Waals surface area contributed by atoms with Gasteiger partial charge in [-0.25, -0.2) is 4.79 Å². The number of hydrogen-bond donors (Lipinski definition) is 3. The smallest absolute Gasteiger partial charge is 0.325 e. The van der Waals surface area contributed by atoms with Crippen LogP contribution in [0.2, 0.25) is 0 Å². The molecule has 9 heteroatoms. The normalized spacial score (nSPS) is 18.3. The molecule has 3 N–H and O–H groups in total. The van der Waals surface area contributed by atoms with Gasteiger partial charge in [-0.2, -0.15) is 0 Å². The quantitative estimate of drug-likeness (QED) is 0.587. The van der Waals surface area contributed by atoms with Crippen LogP contribution in [0.15, 0.2) is 48.5 Å². The van der Waals surface area contributed by atoms with Crippen LogP contribution in [0.3, 0.4) is 0 Å². The minimum atomic E-state index is -0.944. The standard InChI is InChI=1S/C21H21N3O6/c25-16(14-4-2-1-3-5-14)10-22-19(26)9-15-20(27)24(21(28)23-15)11-13-6-7-17-18(8-13)30-12-29-17/h1-8,15-16,25H,9-12H2,(H,22,26)(H,23,28)/t15-,16-/m0/s1. The van der Waals surface area contributed by atoms with Gasteiger partial charge in [-0.05, 0) is 23.3 Å². The van der Waals surface area contributed by atoms with Crippen LogP contribution in [0.4, 0.5) is 4.79 Å². The fourth-order valence-corrected chi connectivity index (χ4v) is 3.35. The van der Waals surface area contributed by atoms with E-state index in [-0.39, 0.29) is 26.3 Å². The van der Waals surface area contributed by atoms with E-state index in [2.05, 4.69) is 10.6 Å². The highest BCUT2D eigenvalue weighted by atomic mass is 16.7. The zero-order chi connectivity index (χ0) is 21.1. The van der Waals surface area contributed by atoms with Crippen LogP contribution in [0.5, 0.6) is 11.5 Å². The van der Waals surface area contributed by atoms with Crippen molar-refractivity contribution < 1.29 is 29.0 Å². The molecule has 156 valence electrons. The number of carbonyl (C=O) groups is 3. The van der Waals surface area contributed by atoms with Gasteiger partial charge in [0.25, 0.3) is 5.91 Å². The predicted octanol–water partition coefficient (Wildman–Crippen LogP) is 1.08. The third kappa shape index (κ3) is 4.20. The van der Waals surface area contributed by atoms with Crippen LogP contribution in [-0.4, -0.2) is 47.2 Å². The molecule has 30 heavy (non-hydrogen) atoms. The molecule has 2 aliphatic rings. The van der Waals surface area contributed by atoms with Gasteiger partial charge < -0.3 is 25.2 Å². The molecule has 2 aromatic rings. The van der Waals surface area contributed by atoms with Crippen LogP contribution in [0.25, 0.3) is 0 Å². The number of aliphatic hydroxyl groups is 1. The third-order valence-electron chi connectivity index (χ3n) is 4.95. The second-order valence-corrected chi connectivity index (χ2v) is 7.05. The highest BCUT2D eigenvalue weighted by Gasteiger charge is 2.39. The zero-order valence-corrected chi connectivity index (χ0v) is 16.0. The third-order valence-corrected chi connectivity index (χ3v) is 4.95. The number of carbonyl (C=O) groups excluding carboxylic acids is 3. The Morgan fingerprint density at radius 2 is 1.93 bits per heavy atom. The van der Waals surface area contributed by atoms with Crippen molar-refractivity contribution in [2.45, 2.75) is 25.1 Å². The Kier molecular flexibility index (Phi) is 5.53. The number of amides is 4. The monoisotopic (exact) mass is 411 g/mol. The van der Waals surface area contributed by atoms with Crippen molar-refractivity contribution in [1.82, 2.24) is 15.5 Å². The van der Waals surface area contributed by atoms with E-state index in [1.165, 1.54) is 0 Å². The molecule has 0 bridgehead atoms. The highest BCUT2D eigenvalue weighted by molar-refractivity contribution is 6.05. The van der Waals surface area contributed by atoms with Gasteiger partial charge in [0.1, 0.15) is 6.04 Å². The van der Waals surface area contributed by atoms with Crippen molar-refractivity contribution in [1.29, 1.82) is 0 Å². The van der Waals surface area contributed by atoms with Gasteiger partial charge in [0.05, 0.1) is 19.1 Å². The maximum absolute atomic E-state index is 12.6. The highest BCUT2D eigenvalue weighted by Crippen LogP contribution is 2.33. The fraction of sp³-hybridized carbons (Fsp3) is 0.286. The molecule has 1 fully saturated rings. The molecule has 2 heterocycles. The molecule has 0 aliphatic carbocycles. The van der Waals surface area contributed by atoms with Crippen molar-refractivity contribution >= 4 is 17.8 Å². The first-order valence-corrected chi connectivity index (χ1v) is 9.51. The van der Waals surface area contributed by atoms with E-state index < -0.39 is 30.0 Å². The van der Waals surface area contributed by atoms with E-state index >= 15 is 0 Å².